The summed E-state index contributed by atoms with van der Waals surface area (Å²) < 4.78 is 32.8. The maximum absolute atomic E-state index is 12.3. The normalized spacial score (nSPS) is 17.4. The monoisotopic (exact) mass is 528 g/mol. The van der Waals surface area contributed by atoms with E-state index in [0.717, 1.165) is 36.7 Å². The van der Waals surface area contributed by atoms with Crippen molar-refractivity contribution < 1.29 is 13.2 Å². The molecular formula is C17H29IN4O3S2. The van der Waals surface area contributed by atoms with Gasteiger partial charge in [0.25, 0.3) is 0 Å². The van der Waals surface area contributed by atoms with E-state index in [0.29, 0.717) is 19.7 Å². The van der Waals surface area contributed by atoms with Crippen molar-refractivity contribution in [2.45, 2.75) is 30.4 Å². The van der Waals surface area contributed by atoms with Gasteiger partial charge in [0.2, 0.25) is 10.0 Å². The lowest BCUT2D eigenvalue weighted by Crippen LogP contribution is -2.37. The number of ether oxygens (including phenoxy) is 1. The van der Waals surface area contributed by atoms with Gasteiger partial charge in [0.1, 0.15) is 0 Å². The lowest BCUT2D eigenvalue weighted by Gasteiger charge is -2.13. The molecule has 0 amide bonds. The number of benzene rings is 1. The number of guanidine groups is 1. The van der Waals surface area contributed by atoms with Crippen LogP contribution in [0.4, 0.5) is 0 Å². The third-order valence-corrected chi connectivity index (χ3v) is 6.09. The third-order valence-electron chi connectivity index (χ3n) is 4.04. The van der Waals surface area contributed by atoms with Gasteiger partial charge in [0.05, 0.1) is 11.0 Å². The van der Waals surface area contributed by atoms with E-state index in [1.54, 1.807) is 30.9 Å². The van der Waals surface area contributed by atoms with Crippen molar-refractivity contribution in [3.05, 3.63) is 29.8 Å². The number of aliphatic imine (C=N–C) groups is 1. The summed E-state index contributed by atoms with van der Waals surface area (Å²) >= 11 is 1.77. The molecule has 0 saturated carbocycles. The minimum absolute atomic E-state index is 0. The van der Waals surface area contributed by atoms with Crippen molar-refractivity contribution in [3.63, 3.8) is 0 Å². The molecule has 10 heteroatoms. The van der Waals surface area contributed by atoms with Gasteiger partial charge in [-0.3, -0.25) is 4.99 Å². The Bertz CT molecular complexity index is 678. The van der Waals surface area contributed by atoms with Gasteiger partial charge in [-0.05, 0) is 36.8 Å². The summed E-state index contributed by atoms with van der Waals surface area (Å²) in [6.45, 7) is 2.45. The van der Waals surface area contributed by atoms with Crippen LogP contribution in [-0.4, -0.2) is 59.2 Å². The molecule has 1 fully saturated rings. The second-order valence-electron chi connectivity index (χ2n) is 5.98. The summed E-state index contributed by atoms with van der Waals surface area (Å²) in [4.78, 5) is 4.43. The summed E-state index contributed by atoms with van der Waals surface area (Å²) in [6.07, 6.45) is 3.94. The Morgan fingerprint density at radius 2 is 2.04 bits per heavy atom. The predicted molar refractivity (Wildman–Crippen MR) is 123 cm³/mol. The Hall–Kier alpha value is -0.560. The second-order valence-corrected chi connectivity index (χ2v) is 8.73. The minimum Gasteiger partial charge on any atom is -0.377 e. The zero-order valence-electron chi connectivity index (χ0n) is 15.7. The first kappa shape index (κ1) is 24.5. The van der Waals surface area contributed by atoms with Gasteiger partial charge in [-0.15, -0.1) is 24.0 Å². The molecule has 0 spiro atoms. The molecule has 0 radical (unpaired) electrons. The van der Waals surface area contributed by atoms with Gasteiger partial charge in [-0.1, -0.05) is 12.1 Å². The number of sulfonamides is 1. The van der Waals surface area contributed by atoms with E-state index >= 15 is 0 Å². The standard InChI is InChI=1S/C17H28N4O3S2.HI/c1-18-17(19-9-11-25-2)20-12-14-5-7-16(8-6-14)26(22,23)21-13-15-4-3-10-24-15;/h5-8,15,21H,3-4,9-13H2,1-2H3,(H2,18,19,20);1H. The molecule has 1 aromatic rings. The SMILES string of the molecule is CN=C(NCCSC)NCc1ccc(S(=O)(=O)NCC2CCCO2)cc1.I. The van der Waals surface area contributed by atoms with Crippen LogP contribution in [0, 0.1) is 0 Å². The lowest BCUT2D eigenvalue weighted by atomic mass is 10.2. The Kier molecular flexibility index (Phi) is 11.6. The van der Waals surface area contributed by atoms with Gasteiger partial charge in [-0.2, -0.15) is 11.8 Å². The van der Waals surface area contributed by atoms with Crippen molar-refractivity contribution in [2.75, 3.05) is 38.8 Å². The van der Waals surface area contributed by atoms with E-state index in [9.17, 15) is 8.42 Å². The van der Waals surface area contributed by atoms with Crippen LogP contribution in [0.2, 0.25) is 0 Å². The Morgan fingerprint density at radius 1 is 1.30 bits per heavy atom. The van der Waals surface area contributed by atoms with E-state index in [1.807, 2.05) is 12.1 Å². The summed E-state index contributed by atoms with van der Waals surface area (Å²) in [5, 5.41) is 6.43. The van der Waals surface area contributed by atoms with Gasteiger partial charge in [0, 0.05) is 39.0 Å². The zero-order valence-corrected chi connectivity index (χ0v) is 19.7. The van der Waals surface area contributed by atoms with Crippen LogP contribution in [0.3, 0.4) is 0 Å². The first-order valence-corrected chi connectivity index (χ1v) is 11.6. The molecule has 0 aliphatic carbocycles. The summed E-state index contributed by atoms with van der Waals surface area (Å²) in [6, 6.07) is 6.86. The number of hydrogen-bond donors (Lipinski definition) is 3. The molecule has 1 aromatic carbocycles. The molecule has 7 nitrogen and oxygen atoms in total. The molecule has 1 aliphatic rings. The van der Waals surface area contributed by atoms with Crippen molar-refractivity contribution in [2.24, 2.45) is 4.99 Å². The smallest absolute Gasteiger partial charge is 0.240 e. The molecule has 1 heterocycles. The molecule has 1 aliphatic heterocycles. The van der Waals surface area contributed by atoms with Gasteiger partial charge < -0.3 is 15.4 Å². The zero-order chi connectivity index (χ0) is 18.8. The van der Waals surface area contributed by atoms with Crippen LogP contribution in [0.15, 0.2) is 34.2 Å². The van der Waals surface area contributed by atoms with Crippen molar-refractivity contribution in [1.82, 2.24) is 15.4 Å². The third kappa shape index (κ3) is 8.55. The highest BCUT2D eigenvalue weighted by Gasteiger charge is 2.20. The number of rotatable bonds is 9. The molecule has 0 bridgehead atoms. The van der Waals surface area contributed by atoms with Crippen LogP contribution in [-0.2, 0) is 21.3 Å². The fourth-order valence-corrected chi connectivity index (χ4v) is 3.93. The first-order chi connectivity index (χ1) is 12.5. The second kappa shape index (κ2) is 12.8. The Labute approximate surface area is 183 Å². The summed E-state index contributed by atoms with van der Waals surface area (Å²) in [5.74, 6) is 1.74. The van der Waals surface area contributed by atoms with Crippen LogP contribution >= 0.6 is 35.7 Å². The van der Waals surface area contributed by atoms with Gasteiger partial charge in [-0.25, -0.2) is 13.1 Å². The number of hydrogen-bond acceptors (Lipinski definition) is 5. The molecule has 154 valence electrons. The van der Waals surface area contributed by atoms with Crippen molar-refractivity contribution >= 4 is 51.7 Å². The molecule has 0 aromatic heterocycles. The molecular weight excluding hydrogens is 499 g/mol. The Morgan fingerprint density at radius 3 is 2.63 bits per heavy atom. The average molecular weight is 528 g/mol. The average Bonchev–Trinajstić information content (AvgIpc) is 3.17. The molecule has 1 unspecified atom stereocenters. The highest BCUT2D eigenvalue weighted by Crippen LogP contribution is 2.14. The maximum Gasteiger partial charge on any atom is 0.240 e. The Balaban J connectivity index is 0.00000364. The fraction of sp³-hybridized carbons (Fsp3) is 0.588. The van der Waals surface area contributed by atoms with E-state index < -0.39 is 10.0 Å². The largest absolute Gasteiger partial charge is 0.377 e. The van der Waals surface area contributed by atoms with Crippen molar-refractivity contribution in [3.8, 4) is 0 Å². The van der Waals surface area contributed by atoms with Crippen LogP contribution in [0.25, 0.3) is 0 Å². The molecule has 1 saturated heterocycles. The molecule has 2 rings (SSSR count). The topological polar surface area (TPSA) is 91.8 Å². The molecule has 27 heavy (non-hydrogen) atoms. The van der Waals surface area contributed by atoms with Crippen molar-refractivity contribution in [1.29, 1.82) is 0 Å². The van der Waals surface area contributed by atoms with Crippen LogP contribution < -0.4 is 15.4 Å². The number of nitrogens with one attached hydrogen (secondary N) is 3. The first-order valence-electron chi connectivity index (χ1n) is 8.69. The molecule has 1 atom stereocenters. The predicted octanol–water partition coefficient (Wildman–Crippen LogP) is 1.79. The molecule has 3 N–H and O–H groups in total. The van der Waals surface area contributed by atoms with Gasteiger partial charge >= 0.3 is 0 Å². The fourth-order valence-electron chi connectivity index (χ4n) is 2.56. The number of thioether (sulfide) groups is 1. The quantitative estimate of drug-likeness (QED) is 0.196. The van der Waals surface area contributed by atoms with E-state index in [4.69, 9.17) is 4.74 Å². The summed E-state index contributed by atoms with van der Waals surface area (Å²) in [7, 11) is -1.78. The van der Waals surface area contributed by atoms with E-state index in [-0.39, 0.29) is 35.0 Å². The van der Waals surface area contributed by atoms with E-state index in [2.05, 4.69) is 26.6 Å². The minimum atomic E-state index is -3.50. The van der Waals surface area contributed by atoms with E-state index in [1.165, 1.54) is 0 Å². The summed E-state index contributed by atoms with van der Waals surface area (Å²) in [5.41, 5.74) is 0.982. The van der Waals surface area contributed by atoms with Gasteiger partial charge in [0.15, 0.2) is 5.96 Å². The lowest BCUT2D eigenvalue weighted by molar-refractivity contribution is 0.114. The highest BCUT2D eigenvalue weighted by molar-refractivity contribution is 14.0. The number of halogens is 1. The van der Waals surface area contributed by atoms with Crippen LogP contribution in [0.5, 0.6) is 0 Å². The maximum atomic E-state index is 12.3. The van der Waals surface area contributed by atoms with Crippen LogP contribution in [0.1, 0.15) is 18.4 Å². The number of nitrogens with zero attached hydrogens (tertiary/aromatic N) is 1. The highest BCUT2D eigenvalue weighted by atomic mass is 127.